The molecule has 3 N–H and O–H groups in total. The zero-order chi connectivity index (χ0) is 22.0. The number of hydrogen-bond acceptors (Lipinski definition) is 5. The molecule has 2 aliphatic rings. The predicted molar refractivity (Wildman–Crippen MR) is 112 cm³/mol. The Morgan fingerprint density at radius 3 is 2.29 bits per heavy atom. The molecule has 0 bridgehead atoms. The summed E-state index contributed by atoms with van der Waals surface area (Å²) in [6.45, 7) is 1.75. The normalized spacial score (nSPS) is 20.4. The number of amides is 2. The van der Waals surface area contributed by atoms with Gasteiger partial charge in [-0.25, -0.2) is 9.59 Å². The van der Waals surface area contributed by atoms with Crippen LogP contribution in [0.5, 0.6) is 0 Å². The molecule has 0 radical (unpaired) electrons. The minimum absolute atomic E-state index is 0.0896. The molecule has 0 spiro atoms. The number of carboxylic acids is 1. The van der Waals surface area contributed by atoms with Crippen LogP contribution in [0.1, 0.15) is 30.4 Å². The number of carbonyl (C=O) groups is 3. The van der Waals surface area contributed by atoms with Gasteiger partial charge in [0, 0.05) is 18.9 Å². The Balaban J connectivity index is 1.36. The van der Waals surface area contributed by atoms with Crippen molar-refractivity contribution in [2.24, 2.45) is 0 Å². The van der Waals surface area contributed by atoms with Gasteiger partial charge in [0.1, 0.15) is 12.6 Å². The Morgan fingerprint density at radius 1 is 1.13 bits per heavy atom. The van der Waals surface area contributed by atoms with Crippen LogP contribution >= 0.6 is 0 Å². The summed E-state index contributed by atoms with van der Waals surface area (Å²) in [5.74, 6) is -1.86. The minimum Gasteiger partial charge on any atom is -0.479 e. The summed E-state index contributed by atoms with van der Waals surface area (Å²) < 4.78 is 10.6. The lowest BCUT2D eigenvalue weighted by molar-refractivity contribution is -0.147. The van der Waals surface area contributed by atoms with Crippen LogP contribution in [0.15, 0.2) is 48.5 Å². The van der Waals surface area contributed by atoms with E-state index in [1.54, 1.807) is 0 Å². The molecule has 4 rings (SSSR count). The van der Waals surface area contributed by atoms with Crippen molar-refractivity contribution in [3.8, 4) is 11.1 Å². The first-order chi connectivity index (χ1) is 14.9. The largest absolute Gasteiger partial charge is 0.479 e. The smallest absolute Gasteiger partial charge is 0.407 e. The number of benzene rings is 2. The van der Waals surface area contributed by atoms with Gasteiger partial charge in [0.2, 0.25) is 5.91 Å². The van der Waals surface area contributed by atoms with Gasteiger partial charge in [-0.15, -0.1) is 0 Å². The first-order valence-corrected chi connectivity index (χ1v) is 10.2. The highest BCUT2D eigenvalue weighted by atomic mass is 16.5. The van der Waals surface area contributed by atoms with Gasteiger partial charge < -0.3 is 25.2 Å². The number of alkyl carbamates (subject to hydrolysis) is 1. The standard InChI is InChI=1S/C23H24N2O6/c1-14(20(26)25-23(21(27)28)10-11-30-13-23)24-22(29)31-12-19-17-8-4-2-6-15(17)16-7-3-5-9-18(16)19/h2-9,14,19H,10-13H2,1H3,(H,24,29)(H,25,26)(H,27,28)/t14-,23?/m1/s1. The van der Waals surface area contributed by atoms with E-state index in [0.29, 0.717) is 0 Å². The molecule has 2 atom stereocenters. The second-order valence-corrected chi connectivity index (χ2v) is 7.87. The summed E-state index contributed by atoms with van der Waals surface area (Å²) >= 11 is 0. The Morgan fingerprint density at radius 2 is 1.74 bits per heavy atom. The second kappa shape index (κ2) is 8.39. The summed E-state index contributed by atoms with van der Waals surface area (Å²) in [7, 11) is 0. The Bertz CT molecular complexity index is 969. The second-order valence-electron chi connectivity index (χ2n) is 7.87. The first kappa shape index (κ1) is 20.9. The first-order valence-electron chi connectivity index (χ1n) is 10.2. The predicted octanol–water partition coefficient (Wildman–Crippen LogP) is 2.27. The van der Waals surface area contributed by atoms with Gasteiger partial charge >= 0.3 is 12.1 Å². The number of aliphatic carboxylic acids is 1. The van der Waals surface area contributed by atoms with Gasteiger partial charge in [-0.1, -0.05) is 48.5 Å². The lowest BCUT2D eigenvalue weighted by Gasteiger charge is -2.25. The quantitative estimate of drug-likeness (QED) is 0.656. The molecule has 1 unspecified atom stereocenters. The van der Waals surface area contributed by atoms with Gasteiger partial charge in [0.25, 0.3) is 0 Å². The number of carbonyl (C=O) groups excluding carboxylic acids is 2. The molecule has 8 nitrogen and oxygen atoms in total. The third-order valence-corrected chi connectivity index (χ3v) is 5.86. The van der Waals surface area contributed by atoms with E-state index in [9.17, 15) is 19.5 Å². The van der Waals surface area contributed by atoms with Crippen molar-refractivity contribution in [2.75, 3.05) is 19.8 Å². The van der Waals surface area contributed by atoms with Crippen molar-refractivity contribution in [2.45, 2.75) is 30.8 Å². The third-order valence-electron chi connectivity index (χ3n) is 5.86. The number of nitrogens with one attached hydrogen (secondary N) is 2. The zero-order valence-electron chi connectivity index (χ0n) is 17.1. The summed E-state index contributed by atoms with van der Waals surface area (Å²) in [4.78, 5) is 36.3. The van der Waals surface area contributed by atoms with E-state index < -0.39 is 29.6 Å². The molecular weight excluding hydrogens is 400 g/mol. The number of carboxylic acid groups (broad SMARTS) is 1. The summed E-state index contributed by atoms with van der Waals surface area (Å²) in [5.41, 5.74) is 2.96. The topological polar surface area (TPSA) is 114 Å². The molecule has 0 aromatic heterocycles. The van der Waals surface area contributed by atoms with Crippen LogP contribution < -0.4 is 10.6 Å². The van der Waals surface area contributed by atoms with E-state index in [0.717, 1.165) is 22.3 Å². The van der Waals surface area contributed by atoms with Crippen LogP contribution in [-0.2, 0) is 19.1 Å². The molecule has 1 aliphatic carbocycles. The fourth-order valence-electron chi connectivity index (χ4n) is 4.11. The maximum Gasteiger partial charge on any atom is 0.407 e. The highest BCUT2D eigenvalue weighted by Gasteiger charge is 2.44. The van der Waals surface area contributed by atoms with Crippen LogP contribution in [0.25, 0.3) is 11.1 Å². The van der Waals surface area contributed by atoms with E-state index in [1.165, 1.54) is 6.92 Å². The Labute approximate surface area is 179 Å². The average Bonchev–Trinajstić information content (AvgIpc) is 3.36. The van der Waals surface area contributed by atoms with Crippen molar-refractivity contribution in [1.29, 1.82) is 0 Å². The van der Waals surface area contributed by atoms with E-state index in [2.05, 4.69) is 10.6 Å². The van der Waals surface area contributed by atoms with Crippen LogP contribution in [0.4, 0.5) is 4.79 Å². The van der Waals surface area contributed by atoms with Gasteiger partial charge in [0.15, 0.2) is 5.54 Å². The fourth-order valence-corrected chi connectivity index (χ4v) is 4.11. The molecule has 31 heavy (non-hydrogen) atoms. The highest BCUT2D eigenvalue weighted by Crippen LogP contribution is 2.44. The van der Waals surface area contributed by atoms with E-state index in [4.69, 9.17) is 9.47 Å². The minimum atomic E-state index is -1.46. The van der Waals surface area contributed by atoms with Gasteiger partial charge in [-0.3, -0.25) is 4.79 Å². The van der Waals surface area contributed by atoms with Crippen LogP contribution in [-0.4, -0.2) is 54.5 Å². The molecule has 1 fully saturated rings. The van der Waals surface area contributed by atoms with Crippen molar-refractivity contribution in [3.05, 3.63) is 59.7 Å². The SMILES string of the molecule is C[C@@H](NC(=O)OCC1c2ccccc2-c2ccccc21)C(=O)NC1(C(=O)O)CCOC1. The molecule has 162 valence electrons. The molecule has 8 heteroatoms. The molecule has 2 aromatic rings. The van der Waals surface area contributed by atoms with E-state index in [1.807, 2.05) is 48.5 Å². The molecule has 1 heterocycles. The highest BCUT2D eigenvalue weighted by molar-refractivity contribution is 5.91. The van der Waals surface area contributed by atoms with Crippen molar-refractivity contribution in [3.63, 3.8) is 0 Å². The Hall–Kier alpha value is -3.39. The summed E-state index contributed by atoms with van der Waals surface area (Å²) in [6.07, 6.45) is -0.567. The Kier molecular flexibility index (Phi) is 5.65. The third kappa shape index (κ3) is 3.98. The van der Waals surface area contributed by atoms with Crippen molar-refractivity contribution < 1.29 is 29.0 Å². The average molecular weight is 424 g/mol. The molecular formula is C23H24N2O6. The maximum atomic E-state index is 12.4. The van der Waals surface area contributed by atoms with Gasteiger partial charge in [-0.2, -0.15) is 0 Å². The lowest BCUT2D eigenvalue weighted by atomic mass is 9.98. The molecule has 1 saturated heterocycles. The van der Waals surface area contributed by atoms with E-state index in [-0.39, 0.29) is 32.2 Å². The summed E-state index contributed by atoms with van der Waals surface area (Å²) in [5, 5.41) is 14.4. The molecule has 2 amide bonds. The maximum absolute atomic E-state index is 12.4. The van der Waals surface area contributed by atoms with E-state index >= 15 is 0 Å². The number of fused-ring (bicyclic) bond motifs is 3. The van der Waals surface area contributed by atoms with Gasteiger partial charge in [0.05, 0.1) is 6.61 Å². The zero-order valence-corrected chi connectivity index (χ0v) is 17.1. The fraction of sp³-hybridized carbons (Fsp3) is 0.348. The van der Waals surface area contributed by atoms with Crippen LogP contribution in [0.2, 0.25) is 0 Å². The van der Waals surface area contributed by atoms with Crippen molar-refractivity contribution >= 4 is 18.0 Å². The molecule has 2 aromatic carbocycles. The van der Waals surface area contributed by atoms with Crippen molar-refractivity contribution in [1.82, 2.24) is 10.6 Å². The van der Waals surface area contributed by atoms with Crippen LogP contribution in [0.3, 0.4) is 0 Å². The summed E-state index contributed by atoms with van der Waals surface area (Å²) in [6, 6.07) is 15.0. The number of rotatable bonds is 6. The lowest BCUT2D eigenvalue weighted by Crippen LogP contribution is -2.59. The number of ether oxygens (including phenoxy) is 2. The monoisotopic (exact) mass is 424 g/mol. The van der Waals surface area contributed by atoms with Crippen LogP contribution in [0, 0.1) is 0 Å². The number of hydrogen-bond donors (Lipinski definition) is 3. The molecule has 0 saturated carbocycles. The molecule has 1 aliphatic heterocycles. The van der Waals surface area contributed by atoms with Gasteiger partial charge in [-0.05, 0) is 29.2 Å².